The maximum atomic E-state index is 13.8. The Bertz CT molecular complexity index is 782. The molecule has 0 unspecified atom stereocenters. The third-order valence-electron chi connectivity index (χ3n) is 2.72. The summed E-state index contributed by atoms with van der Waals surface area (Å²) in [6.07, 6.45) is 0. The van der Waals surface area contributed by atoms with Gasteiger partial charge in [0, 0.05) is 17.8 Å². The average Bonchev–Trinajstić information content (AvgIpc) is 2.42. The van der Waals surface area contributed by atoms with E-state index in [0.717, 1.165) is 12.1 Å². The lowest BCUT2D eigenvalue weighted by molar-refractivity contribution is 0.554. The number of nitrogens with one attached hydrogen (secondary N) is 1. The van der Waals surface area contributed by atoms with E-state index in [2.05, 4.69) is 4.72 Å². The summed E-state index contributed by atoms with van der Waals surface area (Å²) in [7, 11) is -4.21. The molecule has 21 heavy (non-hydrogen) atoms. The largest absolute Gasteiger partial charge is 0.399 e. The predicted octanol–water partition coefficient (Wildman–Crippen LogP) is 2.68. The molecular weight excluding hydrogens is 322 g/mol. The van der Waals surface area contributed by atoms with Crippen molar-refractivity contribution in [2.75, 3.05) is 5.73 Å². The van der Waals surface area contributed by atoms with Crippen LogP contribution in [0.1, 0.15) is 5.56 Å². The van der Waals surface area contributed by atoms with Crippen LogP contribution in [-0.4, -0.2) is 8.42 Å². The zero-order valence-electron chi connectivity index (χ0n) is 10.6. The Morgan fingerprint density at radius 3 is 2.52 bits per heavy atom. The lowest BCUT2D eigenvalue weighted by Gasteiger charge is -2.10. The predicted molar refractivity (Wildman–Crippen MR) is 76.2 cm³/mol. The number of hydrogen-bond donors (Lipinski definition) is 2. The van der Waals surface area contributed by atoms with Crippen molar-refractivity contribution >= 4 is 27.3 Å². The molecule has 0 saturated carbocycles. The number of benzene rings is 2. The Hall–Kier alpha value is -1.70. The van der Waals surface area contributed by atoms with Gasteiger partial charge in [0.1, 0.15) is 10.7 Å². The molecule has 2 aromatic carbocycles. The maximum absolute atomic E-state index is 13.8. The maximum Gasteiger partial charge on any atom is 0.243 e. The quantitative estimate of drug-likeness (QED) is 0.845. The van der Waals surface area contributed by atoms with E-state index in [1.807, 2.05) is 0 Å². The highest BCUT2D eigenvalue weighted by Gasteiger charge is 2.22. The van der Waals surface area contributed by atoms with Gasteiger partial charge in [0.25, 0.3) is 0 Å². The van der Waals surface area contributed by atoms with Crippen molar-refractivity contribution in [1.82, 2.24) is 4.72 Å². The summed E-state index contributed by atoms with van der Waals surface area (Å²) >= 11 is 5.56. The lowest BCUT2D eigenvalue weighted by Crippen LogP contribution is -2.25. The van der Waals surface area contributed by atoms with Crippen LogP contribution in [0.25, 0.3) is 0 Å². The van der Waals surface area contributed by atoms with Crippen molar-refractivity contribution in [3.05, 3.63) is 58.6 Å². The molecule has 0 aliphatic rings. The van der Waals surface area contributed by atoms with Gasteiger partial charge in [0.05, 0.1) is 5.02 Å². The second-order valence-electron chi connectivity index (χ2n) is 4.23. The summed E-state index contributed by atoms with van der Waals surface area (Å²) in [5.74, 6) is -1.67. The third-order valence-corrected chi connectivity index (χ3v) is 4.39. The van der Waals surface area contributed by atoms with E-state index in [-0.39, 0.29) is 17.8 Å². The number of hydrogen-bond acceptors (Lipinski definition) is 3. The van der Waals surface area contributed by atoms with Gasteiger partial charge < -0.3 is 5.73 Å². The Balaban J connectivity index is 2.30. The highest BCUT2D eigenvalue weighted by Crippen LogP contribution is 2.25. The number of sulfonamides is 1. The highest BCUT2D eigenvalue weighted by atomic mass is 35.5. The molecular formula is C13H11ClF2N2O2S. The Labute approximate surface area is 125 Å². The first-order chi connectivity index (χ1) is 9.81. The lowest BCUT2D eigenvalue weighted by atomic mass is 10.2. The van der Waals surface area contributed by atoms with Crippen LogP contribution in [0.3, 0.4) is 0 Å². The Kier molecular flexibility index (Phi) is 4.46. The van der Waals surface area contributed by atoms with Gasteiger partial charge in [0.15, 0.2) is 5.82 Å². The minimum Gasteiger partial charge on any atom is -0.399 e. The SMILES string of the molecule is Nc1cc(Cl)c(F)c(S(=O)(=O)NCc2ccccc2F)c1. The number of anilines is 1. The van der Waals surface area contributed by atoms with Crippen molar-refractivity contribution in [2.45, 2.75) is 11.4 Å². The van der Waals surface area contributed by atoms with Crippen molar-refractivity contribution < 1.29 is 17.2 Å². The first-order valence-electron chi connectivity index (χ1n) is 5.79. The molecule has 4 nitrogen and oxygen atoms in total. The number of nitrogen functional groups attached to an aromatic ring is 1. The first-order valence-corrected chi connectivity index (χ1v) is 7.65. The molecule has 0 aromatic heterocycles. The van der Waals surface area contributed by atoms with Gasteiger partial charge in [0.2, 0.25) is 10.0 Å². The molecule has 0 fully saturated rings. The summed E-state index contributed by atoms with van der Waals surface area (Å²) in [4.78, 5) is -0.677. The molecule has 0 heterocycles. The second kappa shape index (κ2) is 5.97. The molecule has 0 atom stereocenters. The number of nitrogens with two attached hydrogens (primary N) is 1. The highest BCUT2D eigenvalue weighted by molar-refractivity contribution is 7.89. The molecule has 0 radical (unpaired) electrons. The minimum atomic E-state index is -4.21. The van der Waals surface area contributed by atoms with Crippen LogP contribution in [0.5, 0.6) is 0 Å². The standard InChI is InChI=1S/C13H11ClF2N2O2S/c14-10-5-9(17)6-12(13(10)16)21(19,20)18-7-8-3-1-2-4-11(8)15/h1-6,18H,7,17H2. The van der Waals surface area contributed by atoms with Gasteiger partial charge in [-0.25, -0.2) is 21.9 Å². The van der Waals surface area contributed by atoms with Gasteiger partial charge in [-0.3, -0.25) is 0 Å². The van der Waals surface area contributed by atoms with E-state index in [9.17, 15) is 17.2 Å². The molecule has 2 aromatic rings. The van der Waals surface area contributed by atoms with Gasteiger partial charge in [-0.1, -0.05) is 29.8 Å². The van der Waals surface area contributed by atoms with Crippen molar-refractivity contribution in [1.29, 1.82) is 0 Å². The molecule has 0 bridgehead atoms. The molecule has 2 rings (SSSR count). The molecule has 3 N–H and O–H groups in total. The van der Waals surface area contributed by atoms with E-state index in [0.29, 0.717) is 0 Å². The molecule has 0 aliphatic heterocycles. The summed E-state index contributed by atoms with van der Waals surface area (Å²) < 4.78 is 53.4. The molecule has 8 heteroatoms. The van der Waals surface area contributed by atoms with E-state index in [1.165, 1.54) is 18.2 Å². The fourth-order valence-corrected chi connectivity index (χ4v) is 3.09. The van der Waals surface area contributed by atoms with E-state index in [1.54, 1.807) is 6.07 Å². The number of halogens is 3. The van der Waals surface area contributed by atoms with Crippen molar-refractivity contribution in [2.24, 2.45) is 0 Å². The molecule has 0 amide bonds. The van der Waals surface area contributed by atoms with Crippen LogP contribution in [0.2, 0.25) is 5.02 Å². The minimum absolute atomic E-state index is 0.00710. The fraction of sp³-hybridized carbons (Fsp3) is 0.0769. The fourth-order valence-electron chi connectivity index (χ4n) is 1.67. The van der Waals surface area contributed by atoms with Gasteiger partial charge in [-0.05, 0) is 18.2 Å². The average molecular weight is 333 g/mol. The van der Waals surface area contributed by atoms with Crippen molar-refractivity contribution in [3.63, 3.8) is 0 Å². The molecule has 0 saturated heterocycles. The van der Waals surface area contributed by atoms with Crippen molar-refractivity contribution in [3.8, 4) is 0 Å². The monoisotopic (exact) mass is 332 g/mol. The van der Waals surface area contributed by atoms with E-state index in [4.69, 9.17) is 17.3 Å². The Morgan fingerprint density at radius 2 is 1.86 bits per heavy atom. The zero-order chi connectivity index (χ0) is 15.6. The molecule has 0 spiro atoms. The van der Waals surface area contributed by atoms with Gasteiger partial charge >= 0.3 is 0 Å². The topological polar surface area (TPSA) is 72.2 Å². The smallest absolute Gasteiger partial charge is 0.243 e. The Morgan fingerprint density at radius 1 is 1.19 bits per heavy atom. The third kappa shape index (κ3) is 3.49. The number of rotatable bonds is 4. The molecule has 112 valence electrons. The normalized spacial score (nSPS) is 11.6. The summed E-state index contributed by atoms with van der Waals surface area (Å²) in [6.45, 7) is -0.319. The van der Waals surface area contributed by atoms with E-state index >= 15 is 0 Å². The van der Waals surface area contributed by atoms with Gasteiger partial charge in [-0.2, -0.15) is 0 Å². The molecule has 0 aliphatic carbocycles. The summed E-state index contributed by atoms with van der Waals surface area (Å²) in [5.41, 5.74) is 5.60. The summed E-state index contributed by atoms with van der Waals surface area (Å²) in [6, 6.07) is 7.70. The van der Waals surface area contributed by atoms with E-state index < -0.39 is 31.6 Å². The van der Waals surface area contributed by atoms with Crippen LogP contribution in [0.15, 0.2) is 41.3 Å². The summed E-state index contributed by atoms with van der Waals surface area (Å²) in [5, 5.41) is -0.402. The zero-order valence-corrected chi connectivity index (χ0v) is 12.2. The second-order valence-corrected chi connectivity index (χ2v) is 6.37. The van der Waals surface area contributed by atoms with Gasteiger partial charge in [-0.15, -0.1) is 0 Å². The van der Waals surface area contributed by atoms with Crippen LogP contribution in [0.4, 0.5) is 14.5 Å². The van der Waals surface area contributed by atoms with Crippen LogP contribution >= 0.6 is 11.6 Å². The van der Waals surface area contributed by atoms with Crippen LogP contribution < -0.4 is 10.5 Å². The van der Waals surface area contributed by atoms with Crippen LogP contribution in [-0.2, 0) is 16.6 Å². The first kappa shape index (κ1) is 15.7. The van der Waals surface area contributed by atoms with Crippen LogP contribution in [0, 0.1) is 11.6 Å².